The zero-order valence-corrected chi connectivity index (χ0v) is 11.1. The number of benzene rings is 1. The molecule has 0 radical (unpaired) electrons. The third-order valence-corrected chi connectivity index (χ3v) is 3.06. The number of rotatable bonds is 4. The number of amides is 1. The molecule has 2 aromatic rings. The van der Waals surface area contributed by atoms with E-state index in [0.29, 0.717) is 6.42 Å². The largest absolute Gasteiger partial charge is 0.346 e. The molecule has 0 saturated heterocycles. The summed E-state index contributed by atoms with van der Waals surface area (Å²) in [6.45, 7) is 3.97. The van der Waals surface area contributed by atoms with Crippen molar-refractivity contribution in [1.29, 1.82) is 0 Å². The minimum Gasteiger partial charge on any atom is -0.346 e. The minimum atomic E-state index is -0.0681. The van der Waals surface area contributed by atoms with Gasteiger partial charge in [-0.25, -0.2) is 4.98 Å². The highest BCUT2D eigenvalue weighted by molar-refractivity contribution is 5.77. The van der Waals surface area contributed by atoms with Gasteiger partial charge in [0.25, 0.3) is 0 Å². The SMILES string of the molecule is CCCC(=O)N[C@@H](C)c1nc2ccccc2n1C. The van der Waals surface area contributed by atoms with Gasteiger partial charge < -0.3 is 9.88 Å². The highest BCUT2D eigenvalue weighted by Gasteiger charge is 2.15. The average molecular weight is 245 g/mol. The summed E-state index contributed by atoms with van der Waals surface area (Å²) in [6.07, 6.45) is 1.43. The molecule has 1 heterocycles. The summed E-state index contributed by atoms with van der Waals surface area (Å²) in [7, 11) is 1.98. The van der Waals surface area contributed by atoms with E-state index < -0.39 is 0 Å². The zero-order valence-electron chi connectivity index (χ0n) is 11.1. The van der Waals surface area contributed by atoms with Crippen molar-refractivity contribution in [3.05, 3.63) is 30.1 Å². The van der Waals surface area contributed by atoms with E-state index in [-0.39, 0.29) is 11.9 Å². The van der Waals surface area contributed by atoms with E-state index in [2.05, 4.69) is 10.3 Å². The number of nitrogens with zero attached hydrogens (tertiary/aromatic N) is 2. The summed E-state index contributed by atoms with van der Waals surface area (Å²) in [4.78, 5) is 16.2. The first-order chi connectivity index (χ1) is 8.63. The van der Waals surface area contributed by atoms with Crippen molar-refractivity contribution < 1.29 is 4.79 Å². The fourth-order valence-electron chi connectivity index (χ4n) is 2.16. The number of nitrogens with one attached hydrogen (secondary N) is 1. The molecular formula is C14H19N3O. The summed E-state index contributed by atoms with van der Waals surface area (Å²) < 4.78 is 2.03. The van der Waals surface area contributed by atoms with Gasteiger partial charge in [-0.1, -0.05) is 19.1 Å². The van der Waals surface area contributed by atoms with Gasteiger partial charge in [-0.05, 0) is 25.5 Å². The number of hydrogen-bond donors (Lipinski definition) is 1. The molecule has 1 atom stereocenters. The van der Waals surface area contributed by atoms with Crippen LogP contribution in [0.2, 0.25) is 0 Å². The number of carbonyl (C=O) groups is 1. The van der Waals surface area contributed by atoms with E-state index in [1.54, 1.807) is 0 Å². The molecule has 0 spiro atoms. The van der Waals surface area contributed by atoms with Crippen LogP contribution in [-0.4, -0.2) is 15.5 Å². The molecule has 0 aliphatic rings. The number of fused-ring (bicyclic) bond motifs is 1. The molecule has 18 heavy (non-hydrogen) atoms. The maximum atomic E-state index is 11.6. The Labute approximate surface area is 107 Å². The molecular weight excluding hydrogens is 226 g/mol. The molecule has 0 aliphatic carbocycles. The van der Waals surface area contributed by atoms with E-state index in [4.69, 9.17) is 0 Å². The van der Waals surface area contributed by atoms with Crippen LogP contribution < -0.4 is 5.32 Å². The van der Waals surface area contributed by atoms with Crippen LogP contribution in [0.3, 0.4) is 0 Å². The predicted molar refractivity (Wildman–Crippen MR) is 72.2 cm³/mol. The lowest BCUT2D eigenvalue weighted by Gasteiger charge is -2.13. The lowest BCUT2D eigenvalue weighted by atomic mass is 10.2. The van der Waals surface area contributed by atoms with Gasteiger partial charge in [-0.2, -0.15) is 0 Å². The monoisotopic (exact) mass is 245 g/mol. The maximum Gasteiger partial charge on any atom is 0.220 e. The lowest BCUT2D eigenvalue weighted by molar-refractivity contribution is -0.121. The minimum absolute atomic E-state index is 0.0681. The fourth-order valence-corrected chi connectivity index (χ4v) is 2.16. The Morgan fingerprint density at radius 3 is 2.83 bits per heavy atom. The molecule has 4 nitrogen and oxygen atoms in total. The van der Waals surface area contributed by atoms with Crippen LogP contribution in [0.4, 0.5) is 0 Å². The summed E-state index contributed by atoms with van der Waals surface area (Å²) >= 11 is 0. The second-order valence-corrected chi connectivity index (χ2v) is 4.56. The molecule has 0 unspecified atom stereocenters. The maximum absolute atomic E-state index is 11.6. The molecule has 0 saturated carbocycles. The van der Waals surface area contributed by atoms with Crippen molar-refractivity contribution in [2.24, 2.45) is 7.05 Å². The molecule has 0 bridgehead atoms. The number of imidazole rings is 1. The average Bonchev–Trinajstić information content (AvgIpc) is 2.68. The number of hydrogen-bond acceptors (Lipinski definition) is 2. The van der Waals surface area contributed by atoms with Gasteiger partial charge in [-0.15, -0.1) is 0 Å². The predicted octanol–water partition coefficient (Wildman–Crippen LogP) is 2.55. The molecule has 2 rings (SSSR count). The van der Waals surface area contributed by atoms with Crippen LogP contribution in [0, 0.1) is 0 Å². The first kappa shape index (κ1) is 12.6. The van der Waals surface area contributed by atoms with Crippen molar-refractivity contribution >= 4 is 16.9 Å². The highest BCUT2D eigenvalue weighted by atomic mass is 16.1. The molecule has 1 aromatic heterocycles. The van der Waals surface area contributed by atoms with Gasteiger partial charge in [0, 0.05) is 13.5 Å². The Bertz CT molecular complexity index is 559. The Morgan fingerprint density at radius 2 is 2.17 bits per heavy atom. The summed E-state index contributed by atoms with van der Waals surface area (Å²) in [5.41, 5.74) is 2.05. The van der Waals surface area contributed by atoms with Crippen molar-refractivity contribution in [2.45, 2.75) is 32.7 Å². The van der Waals surface area contributed by atoms with E-state index in [9.17, 15) is 4.79 Å². The van der Waals surface area contributed by atoms with Gasteiger partial charge >= 0.3 is 0 Å². The van der Waals surface area contributed by atoms with E-state index in [1.165, 1.54) is 0 Å². The van der Waals surface area contributed by atoms with E-state index in [0.717, 1.165) is 23.3 Å². The number of aryl methyl sites for hydroxylation is 1. The number of aromatic nitrogens is 2. The molecule has 0 aliphatic heterocycles. The Morgan fingerprint density at radius 1 is 1.44 bits per heavy atom. The molecule has 1 amide bonds. The van der Waals surface area contributed by atoms with Gasteiger partial charge in [0.2, 0.25) is 5.91 Å². The van der Waals surface area contributed by atoms with Crippen LogP contribution in [-0.2, 0) is 11.8 Å². The third kappa shape index (κ3) is 2.37. The van der Waals surface area contributed by atoms with Crippen LogP contribution in [0.1, 0.15) is 38.6 Å². The normalized spacial score (nSPS) is 12.6. The first-order valence-corrected chi connectivity index (χ1v) is 6.34. The van der Waals surface area contributed by atoms with Gasteiger partial charge in [0.1, 0.15) is 5.82 Å². The Hall–Kier alpha value is -1.84. The summed E-state index contributed by atoms with van der Waals surface area (Å²) in [5.74, 6) is 0.970. The smallest absolute Gasteiger partial charge is 0.220 e. The van der Waals surface area contributed by atoms with E-state index in [1.807, 2.05) is 49.7 Å². The number of carbonyl (C=O) groups excluding carboxylic acids is 1. The second-order valence-electron chi connectivity index (χ2n) is 4.56. The first-order valence-electron chi connectivity index (χ1n) is 6.34. The van der Waals surface area contributed by atoms with Gasteiger partial charge in [-0.3, -0.25) is 4.79 Å². The van der Waals surface area contributed by atoms with Crippen LogP contribution in [0.5, 0.6) is 0 Å². The van der Waals surface area contributed by atoms with E-state index >= 15 is 0 Å². The van der Waals surface area contributed by atoms with Crippen molar-refractivity contribution in [2.75, 3.05) is 0 Å². The number of para-hydroxylation sites is 2. The van der Waals surface area contributed by atoms with Gasteiger partial charge in [0.05, 0.1) is 17.1 Å². The highest BCUT2D eigenvalue weighted by Crippen LogP contribution is 2.19. The Balaban J connectivity index is 2.25. The topological polar surface area (TPSA) is 46.9 Å². The van der Waals surface area contributed by atoms with Crippen LogP contribution in [0.25, 0.3) is 11.0 Å². The zero-order chi connectivity index (χ0) is 13.1. The van der Waals surface area contributed by atoms with Crippen molar-refractivity contribution in [3.63, 3.8) is 0 Å². The standard InChI is InChI=1S/C14H19N3O/c1-4-7-13(18)15-10(2)14-16-11-8-5-6-9-12(11)17(14)3/h5-6,8-10H,4,7H2,1-3H3,(H,15,18)/t10-/m0/s1. The Kier molecular flexibility index (Phi) is 3.65. The molecule has 4 heteroatoms. The molecule has 1 aromatic carbocycles. The molecule has 1 N–H and O–H groups in total. The van der Waals surface area contributed by atoms with Crippen molar-refractivity contribution in [1.82, 2.24) is 14.9 Å². The second kappa shape index (κ2) is 5.21. The van der Waals surface area contributed by atoms with Crippen LogP contribution >= 0.6 is 0 Å². The van der Waals surface area contributed by atoms with Crippen molar-refractivity contribution in [3.8, 4) is 0 Å². The third-order valence-electron chi connectivity index (χ3n) is 3.06. The summed E-state index contributed by atoms with van der Waals surface area (Å²) in [6, 6.07) is 7.92. The fraction of sp³-hybridized carbons (Fsp3) is 0.429. The van der Waals surface area contributed by atoms with Crippen LogP contribution in [0.15, 0.2) is 24.3 Å². The quantitative estimate of drug-likeness (QED) is 0.899. The summed E-state index contributed by atoms with van der Waals surface area (Å²) in [5, 5.41) is 2.98. The molecule has 0 fully saturated rings. The lowest BCUT2D eigenvalue weighted by Crippen LogP contribution is -2.27. The van der Waals surface area contributed by atoms with Gasteiger partial charge in [0.15, 0.2) is 0 Å². The molecule has 96 valence electrons.